The topological polar surface area (TPSA) is 49.4 Å². The van der Waals surface area contributed by atoms with Crippen molar-refractivity contribution in [3.63, 3.8) is 0 Å². The van der Waals surface area contributed by atoms with Crippen LogP contribution in [0.15, 0.2) is 30.3 Å². The van der Waals surface area contributed by atoms with E-state index in [0.29, 0.717) is 12.5 Å². The average molecular weight is 340 g/mol. The number of hydrogen-bond acceptors (Lipinski definition) is 2. The quantitative estimate of drug-likeness (QED) is 0.866. The van der Waals surface area contributed by atoms with Crippen LogP contribution in [0.3, 0.4) is 0 Å². The molecule has 0 unspecified atom stereocenters. The standard InChI is InChI=1S/C21H28N2O2/c24-20(18-7-4-12-23(14-18)21(25)17-10-11-17)22-19(16-8-9-16)13-15-5-2-1-3-6-15/h1-3,5-6,16-19H,4,7-14H2,(H,22,24)/t18-,19+/m1/s1. The molecule has 1 N–H and O–H groups in total. The number of benzene rings is 1. The Morgan fingerprint density at radius 3 is 2.48 bits per heavy atom. The zero-order valence-corrected chi connectivity index (χ0v) is 14.8. The van der Waals surface area contributed by atoms with E-state index in [1.165, 1.54) is 18.4 Å². The van der Waals surface area contributed by atoms with Crippen LogP contribution in [0.4, 0.5) is 0 Å². The highest BCUT2D eigenvalue weighted by molar-refractivity contribution is 5.83. The maximum atomic E-state index is 12.8. The molecular weight excluding hydrogens is 312 g/mol. The number of piperidine rings is 1. The first kappa shape index (κ1) is 16.6. The van der Waals surface area contributed by atoms with E-state index in [2.05, 4.69) is 29.6 Å². The molecular formula is C21H28N2O2. The first-order valence-corrected chi connectivity index (χ1v) is 9.84. The van der Waals surface area contributed by atoms with E-state index in [0.717, 1.165) is 38.6 Å². The molecule has 0 radical (unpaired) electrons. The molecule has 1 aromatic carbocycles. The highest BCUT2D eigenvalue weighted by atomic mass is 16.2. The van der Waals surface area contributed by atoms with E-state index in [4.69, 9.17) is 0 Å². The van der Waals surface area contributed by atoms with Gasteiger partial charge < -0.3 is 10.2 Å². The second-order valence-electron chi connectivity index (χ2n) is 8.04. The molecule has 1 aromatic rings. The Morgan fingerprint density at radius 1 is 1.04 bits per heavy atom. The van der Waals surface area contributed by atoms with Gasteiger partial charge in [-0.15, -0.1) is 0 Å². The number of hydrogen-bond donors (Lipinski definition) is 1. The maximum absolute atomic E-state index is 12.8. The van der Waals surface area contributed by atoms with Crippen LogP contribution >= 0.6 is 0 Å². The van der Waals surface area contributed by atoms with Crippen molar-refractivity contribution in [2.75, 3.05) is 13.1 Å². The summed E-state index contributed by atoms with van der Waals surface area (Å²) in [7, 11) is 0. The van der Waals surface area contributed by atoms with Gasteiger partial charge in [0.25, 0.3) is 0 Å². The van der Waals surface area contributed by atoms with Crippen LogP contribution in [0, 0.1) is 17.8 Å². The smallest absolute Gasteiger partial charge is 0.225 e. The van der Waals surface area contributed by atoms with Crippen LogP contribution in [0.1, 0.15) is 44.1 Å². The number of carbonyl (C=O) groups excluding carboxylic acids is 2. The van der Waals surface area contributed by atoms with E-state index < -0.39 is 0 Å². The molecule has 2 amide bonds. The third kappa shape index (κ3) is 4.23. The van der Waals surface area contributed by atoms with E-state index in [-0.39, 0.29) is 29.7 Å². The second-order valence-corrected chi connectivity index (χ2v) is 8.04. The fourth-order valence-electron chi connectivity index (χ4n) is 3.98. The first-order valence-electron chi connectivity index (χ1n) is 9.84. The van der Waals surface area contributed by atoms with Crippen molar-refractivity contribution < 1.29 is 9.59 Å². The maximum Gasteiger partial charge on any atom is 0.225 e. The van der Waals surface area contributed by atoms with Crippen LogP contribution in [-0.4, -0.2) is 35.8 Å². The summed E-state index contributed by atoms with van der Waals surface area (Å²) in [5, 5.41) is 3.32. The Hall–Kier alpha value is -1.84. The lowest BCUT2D eigenvalue weighted by Crippen LogP contribution is -2.48. The Bertz CT molecular complexity index is 622. The van der Waals surface area contributed by atoms with Gasteiger partial charge in [0, 0.05) is 25.0 Å². The highest BCUT2D eigenvalue weighted by Gasteiger charge is 2.38. The molecule has 0 aromatic heterocycles. The van der Waals surface area contributed by atoms with Crippen LogP contribution < -0.4 is 5.32 Å². The fourth-order valence-corrected chi connectivity index (χ4v) is 3.98. The first-order chi connectivity index (χ1) is 12.2. The SMILES string of the molecule is O=C(N[C@@H](Cc1ccccc1)C1CC1)[C@@H]1CCCN(C(=O)C2CC2)C1. The van der Waals surface area contributed by atoms with Gasteiger partial charge in [-0.25, -0.2) is 0 Å². The summed E-state index contributed by atoms with van der Waals surface area (Å²) >= 11 is 0. The molecule has 4 heteroatoms. The molecule has 4 rings (SSSR count). The Morgan fingerprint density at radius 2 is 1.80 bits per heavy atom. The van der Waals surface area contributed by atoms with Gasteiger partial charge in [0.2, 0.25) is 11.8 Å². The summed E-state index contributed by atoms with van der Waals surface area (Å²) in [5.41, 5.74) is 1.29. The lowest BCUT2D eigenvalue weighted by molar-refractivity contribution is -0.137. The molecule has 2 atom stereocenters. The molecule has 25 heavy (non-hydrogen) atoms. The minimum atomic E-state index is -0.0338. The lowest BCUT2D eigenvalue weighted by atomic mass is 9.95. The Labute approximate surface area is 150 Å². The molecule has 2 saturated carbocycles. The van der Waals surface area contributed by atoms with Crippen molar-refractivity contribution in [1.29, 1.82) is 0 Å². The van der Waals surface area contributed by atoms with Gasteiger partial charge in [0.05, 0.1) is 5.92 Å². The summed E-state index contributed by atoms with van der Waals surface area (Å²) in [6.07, 6.45) is 7.27. The molecule has 3 fully saturated rings. The fraction of sp³-hybridized carbons (Fsp3) is 0.619. The molecule has 0 bridgehead atoms. The zero-order valence-electron chi connectivity index (χ0n) is 14.8. The monoisotopic (exact) mass is 340 g/mol. The number of nitrogens with one attached hydrogen (secondary N) is 1. The van der Waals surface area contributed by atoms with Gasteiger partial charge >= 0.3 is 0 Å². The van der Waals surface area contributed by atoms with Gasteiger partial charge in [-0.1, -0.05) is 30.3 Å². The summed E-state index contributed by atoms with van der Waals surface area (Å²) < 4.78 is 0. The van der Waals surface area contributed by atoms with E-state index >= 15 is 0 Å². The van der Waals surface area contributed by atoms with Crippen molar-refractivity contribution in [3.8, 4) is 0 Å². The molecule has 1 saturated heterocycles. The summed E-state index contributed by atoms with van der Waals surface area (Å²) in [4.78, 5) is 27.1. The third-order valence-electron chi connectivity index (χ3n) is 5.85. The van der Waals surface area contributed by atoms with Crippen molar-refractivity contribution >= 4 is 11.8 Å². The minimum absolute atomic E-state index is 0.0338. The van der Waals surface area contributed by atoms with E-state index in [9.17, 15) is 9.59 Å². The molecule has 3 aliphatic rings. The van der Waals surface area contributed by atoms with Crippen LogP contribution in [0.5, 0.6) is 0 Å². The number of likely N-dealkylation sites (tertiary alicyclic amines) is 1. The van der Waals surface area contributed by atoms with Gasteiger partial charge in [-0.3, -0.25) is 9.59 Å². The van der Waals surface area contributed by atoms with Gasteiger partial charge in [-0.2, -0.15) is 0 Å². The number of nitrogens with zero attached hydrogens (tertiary/aromatic N) is 1. The molecule has 134 valence electrons. The Kier molecular flexibility index (Phi) is 4.78. The predicted molar refractivity (Wildman–Crippen MR) is 96.8 cm³/mol. The third-order valence-corrected chi connectivity index (χ3v) is 5.85. The number of rotatable bonds is 6. The normalized spacial score (nSPS) is 24.6. The van der Waals surface area contributed by atoms with Crippen molar-refractivity contribution in [1.82, 2.24) is 10.2 Å². The molecule has 1 heterocycles. The number of amides is 2. The van der Waals surface area contributed by atoms with Gasteiger partial charge in [0.15, 0.2) is 0 Å². The van der Waals surface area contributed by atoms with Crippen molar-refractivity contribution in [3.05, 3.63) is 35.9 Å². The van der Waals surface area contributed by atoms with Crippen LogP contribution in [0.25, 0.3) is 0 Å². The summed E-state index contributed by atoms with van der Waals surface area (Å²) in [5.74, 6) is 1.27. The zero-order chi connectivity index (χ0) is 17.2. The summed E-state index contributed by atoms with van der Waals surface area (Å²) in [6.45, 7) is 1.44. The predicted octanol–water partition coefficient (Wildman–Crippen LogP) is 2.77. The molecule has 1 aliphatic heterocycles. The van der Waals surface area contributed by atoms with Gasteiger partial charge in [-0.05, 0) is 56.4 Å². The van der Waals surface area contributed by atoms with Gasteiger partial charge in [0.1, 0.15) is 0 Å². The largest absolute Gasteiger partial charge is 0.352 e. The second kappa shape index (κ2) is 7.19. The molecule has 2 aliphatic carbocycles. The van der Waals surface area contributed by atoms with Crippen LogP contribution in [-0.2, 0) is 16.0 Å². The lowest BCUT2D eigenvalue weighted by Gasteiger charge is -2.33. The number of carbonyl (C=O) groups is 2. The van der Waals surface area contributed by atoms with E-state index in [1.54, 1.807) is 0 Å². The average Bonchev–Trinajstić information content (AvgIpc) is 3.54. The molecule has 0 spiro atoms. The van der Waals surface area contributed by atoms with Crippen molar-refractivity contribution in [2.24, 2.45) is 17.8 Å². The van der Waals surface area contributed by atoms with Crippen molar-refractivity contribution in [2.45, 2.75) is 51.0 Å². The van der Waals surface area contributed by atoms with Crippen LogP contribution in [0.2, 0.25) is 0 Å². The molecule has 4 nitrogen and oxygen atoms in total. The Balaban J connectivity index is 1.35. The highest BCUT2D eigenvalue weighted by Crippen LogP contribution is 2.35. The summed E-state index contributed by atoms with van der Waals surface area (Å²) in [6, 6.07) is 10.7. The minimum Gasteiger partial charge on any atom is -0.352 e. The van der Waals surface area contributed by atoms with E-state index in [1.807, 2.05) is 11.0 Å².